The van der Waals surface area contributed by atoms with Crippen LogP contribution in [0, 0.1) is 0 Å². The van der Waals surface area contributed by atoms with Crippen molar-refractivity contribution in [3.8, 4) is 0 Å². The van der Waals surface area contributed by atoms with Crippen molar-refractivity contribution in [1.29, 1.82) is 0 Å². The van der Waals surface area contributed by atoms with Crippen LogP contribution < -0.4 is 0 Å². The summed E-state index contributed by atoms with van der Waals surface area (Å²) in [4.78, 5) is 0. The second-order valence-corrected chi connectivity index (χ2v) is 1.74. The molecule has 0 aliphatic carbocycles. The molecule has 0 atom stereocenters. The summed E-state index contributed by atoms with van der Waals surface area (Å²) in [6.07, 6.45) is 6.47. The first-order valence-corrected chi connectivity index (χ1v) is 2.94. The van der Waals surface area contributed by atoms with Gasteiger partial charge in [0.1, 0.15) is 0 Å². The van der Waals surface area contributed by atoms with Crippen LogP contribution in [0.25, 0.3) is 0 Å². The van der Waals surface area contributed by atoms with Crippen molar-refractivity contribution in [2.24, 2.45) is 10.2 Å². The monoisotopic (exact) mass is 120 g/mol. The molecule has 1 heterocycles. The molecule has 0 bridgehead atoms. The average molecular weight is 120 g/mol. The van der Waals surface area contributed by atoms with E-state index in [4.69, 9.17) is 0 Å². The molecule has 0 spiro atoms. The van der Waals surface area contributed by atoms with E-state index in [1.807, 2.05) is 6.08 Å². The molecule has 1 aliphatic heterocycles. The van der Waals surface area contributed by atoms with E-state index in [9.17, 15) is 0 Å². The molecule has 0 aromatic carbocycles. The summed E-state index contributed by atoms with van der Waals surface area (Å²) < 4.78 is 0. The van der Waals surface area contributed by atoms with Crippen molar-refractivity contribution in [2.75, 3.05) is 0 Å². The largest absolute Gasteiger partial charge is 0.150 e. The highest BCUT2D eigenvalue weighted by molar-refractivity contribution is 5.81. The summed E-state index contributed by atoms with van der Waals surface area (Å²) in [7, 11) is 0. The Hall–Kier alpha value is -1.14. The van der Waals surface area contributed by atoms with Crippen molar-refractivity contribution in [2.45, 2.75) is 13.3 Å². The van der Waals surface area contributed by atoms with Gasteiger partial charge in [-0.2, -0.15) is 5.10 Å². The fourth-order valence-electron chi connectivity index (χ4n) is 0.566. The Morgan fingerprint density at radius 1 is 1.67 bits per heavy atom. The van der Waals surface area contributed by atoms with E-state index in [1.54, 1.807) is 12.3 Å². The van der Waals surface area contributed by atoms with Crippen LogP contribution in [-0.4, -0.2) is 12.1 Å². The molecule has 1 rings (SSSR count). The minimum Gasteiger partial charge on any atom is -0.150 e. The molecule has 0 aromatic rings. The highest BCUT2D eigenvalue weighted by Crippen LogP contribution is 1.97. The molecule has 0 saturated carbocycles. The predicted molar refractivity (Wildman–Crippen MR) is 38.9 cm³/mol. The third kappa shape index (κ3) is 1.67. The predicted octanol–water partition coefficient (Wildman–Crippen LogP) is 1.55. The maximum atomic E-state index is 3.71. The summed E-state index contributed by atoms with van der Waals surface area (Å²) in [5, 5.41) is 7.29. The van der Waals surface area contributed by atoms with Crippen molar-refractivity contribution >= 4 is 12.1 Å². The van der Waals surface area contributed by atoms with E-state index in [1.165, 1.54) is 5.57 Å². The number of rotatable bonds is 1. The van der Waals surface area contributed by atoms with Gasteiger partial charge in [0.25, 0.3) is 0 Å². The lowest BCUT2D eigenvalue weighted by Gasteiger charge is -1.87. The van der Waals surface area contributed by atoms with Gasteiger partial charge in [-0.15, -0.1) is 5.10 Å². The van der Waals surface area contributed by atoms with E-state index in [0.29, 0.717) is 0 Å². The number of nitrogens with zero attached hydrogens (tertiary/aromatic N) is 2. The normalized spacial score (nSPS) is 15.4. The lowest BCUT2D eigenvalue weighted by atomic mass is 10.2. The molecule has 0 radical (unpaired) electrons. The van der Waals surface area contributed by atoms with Gasteiger partial charge in [-0.1, -0.05) is 6.92 Å². The van der Waals surface area contributed by atoms with Gasteiger partial charge in [0.15, 0.2) is 0 Å². The van der Waals surface area contributed by atoms with Crippen LogP contribution in [0.5, 0.6) is 0 Å². The Bertz CT molecular complexity index is 205. The second kappa shape index (κ2) is 3.00. The summed E-state index contributed by atoms with van der Waals surface area (Å²) in [5.41, 5.74) is 1.18. The minimum atomic E-state index is 0.997. The smallest absolute Gasteiger partial charge is 0.0535 e. The molecule has 0 fully saturated rings. The van der Waals surface area contributed by atoms with Crippen LogP contribution >= 0.6 is 0 Å². The number of hydrogen-bond donors (Lipinski definition) is 0. The van der Waals surface area contributed by atoms with Gasteiger partial charge < -0.3 is 0 Å². The zero-order chi connectivity index (χ0) is 6.53. The van der Waals surface area contributed by atoms with E-state index >= 15 is 0 Å². The fraction of sp³-hybridized carbons (Fsp3) is 0.286. The molecular formula is C7H8N2. The molecule has 0 amide bonds. The van der Waals surface area contributed by atoms with Crippen molar-refractivity contribution in [3.63, 3.8) is 0 Å². The van der Waals surface area contributed by atoms with Gasteiger partial charge >= 0.3 is 0 Å². The average Bonchev–Trinajstić information content (AvgIpc) is 2.13. The maximum absolute atomic E-state index is 3.71. The molecule has 0 aromatic heterocycles. The van der Waals surface area contributed by atoms with Crippen LogP contribution in [0.1, 0.15) is 13.3 Å². The van der Waals surface area contributed by atoms with Gasteiger partial charge in [-0.05, 0) is 18.1 Å². The molecule has 0 unspecified atom stereocenters. The quantitative estimate of drug-likeness (QED) is 0.501. The maximum Gasteiger partial charge on any atom is 0.0535 e. The molecule has 0 saturated heterocycles. The van der Waals surface area contributed by atoms with Gasteiger partial charge in [0, 0.05) is 11.9 Å². The van der Waals surface area contributed by atoms with E-state index < -0.39 is 0 Å². The molecule has 2 nitrogen and oxygen atoms in total. The van der Waals surface area contributed by atoms with Crippen LogP contribution in [-0.2, 0) is 0 Å². The third-order valence-electron chi connectivity index (χ3n) is 1.12. The Morgan fingerprint density at radius 2 is 2.56 bits per heavy atom. The zero-order valence-corrected chi connectivity index (χ0v) is 5.33. The van der Waals surface area contributed by atoms with Crippen molar-refractivity contribution in [3.05, 3.63) is 17.7 Å². The van der Waals surface area contributed by atoms with Crippen LogP contribution in [0.4, 0.5) is 0 Å². The summed E-state index contributed by atoms with van der Waals surface area (Å²) >= 11 is 0. The summed E-state index contributed by atoms with van der Waals surface area (Å²) in [6, 6.07) is 0. The number of hydrogen-bond acceptors (Lipinski definition) is 2. The Kier molecular flexibility index (Phi) is 2.00. The van der Waals surface area contributed by atoms with Gasteiger partial charge in [0.2, 0.25) is 0 Å². The minimum absolute atomic E-state index is 0.997. The topological polar surface area (TPSA) is 24.7 Å². The van der Waals surface area contributed by atoms with Crippen molar-refractivity contribution in [1.82, 2.24) is 0 Å². The third-order valence-corrected chi connectivity index (χ3v) is 1.12. The molecular weight excluding hydrogens is 112 g/mol. The Balaban J connectivity index is 2.78. The lowest BCUT2D eigenvalue weighted by Crippen LogP contribution is -1.78. The fourth-order valence-corrected chi connectivity index (χ4v) is 0.566. The molecule has 46 valence electrons. The zero-order valence-electron chi connectivity index (χ0n) is 5.33. The number of allylic oxidation sites excluding steroid dienone is 3. The first kappa shape index (κ1) is 5.99. The van der Waals surface area contributed by atoms with E-state index in [2.05, 4.69) is 23.0 Å². The molecule has 2 heteroatoms. The van der Waals surface area contributed by atoms with Gasteiger partial charge in [-0.25, -0.2) is 0 Å². The Labute approximate surface area is 54.3 Å². The molecule has 0 N–H and O–H groups in total. The lowest BCUT2D eigenvalue weighted by molar-refractivity contribution is 1.17. The first-order chi connectivity index (χ1) is 4.43. The molecule has 1 aliphatic rings. The standard InChI is InChI=1S/C7H8N2/c1-2-7-4-3-5-8-9-6-7/h3-4,6H,2H2,1H3. The highest BCUT2D eigenvalue weighted by atomic mass is 15.2. The van der Waals surface area contributed by atoms with Crippen LogP contribution in [0.15, 0.2) is 27.9 Å². The summed E-state index contributed by atoms with van der Waals surface area (Å²) in [6.45, 7) is 2.08. The second-order valence-electron chi connectivity index (χ2n) is 1.74. The molecule has 9 heavy (non-hydrogen) atoms. The van der Waals surface area contributed by atoms with E-state index in [-0.39, 0.29) is 0 Å². The van der Waals surface area contributed by atoms with Crippen molar-refractivity contribution < 1.29 is 0 Å². The van der Waals surface area contributed by atoms with Gasteiger partial charge in [-0.3, -0.25) is 0 Å². The van der Waals surface area contributed by atoms with Crippen LogP contribution in [0.3, 0.4) is 0 Å². The van der Waals surface area contributed by atoms with Gasteiger partial charge in [0.05, 0.1) is 6.21 Å². The van der Waals surface area contributed by atoms with Crippen LogP contribution in [0.2, 0.25) is 0 Å². The Morgan fingerprint density at radius 3 is 3.33 bits per heavy atom. The van der Waals surface area contributed by atoms with E-state index in [0.717, 1.165) is 6.42 Å². The SMILES string of the molecule is CCC1=CC=C=NN=C1. The highest BCUT2D eigenvalue weighted by Gasteiger charge is 1.86. The first-order valence-electron chi connectivity index (χ1n) is 2.94. The summed E-state index contributed by atoms with van der Waals surface area (Å²) in [5.74, 6) is 2.64.